The summed E-state index contributed by atoms with van der Waals surface area (Å²) < 4.78 is 10.8. The van der Waals surface area contributed by atoms with E-state index in [1.54, 1.807) is 14.2 Å². The lowest BCUT2D eigenvalue weighted by Gasteiger charge is -2.42. The highest BCUT2D eigenvalue weighted by Crippen LogP contribution is 2.37. The van der Waals surface area contributed by atoms with E-state index in [2.05, 4.69) is 29.3 Å². The number of benzene rings is 1. The molecule has 1 saturated heterocycles. The van der Waals surface area contributed by atoms with E-state index in [1.807, 2.05) is 6.07 Å². The number of anilines is 1. The van der Waals surface area contributed by atoms with E-state index in [0.29, 0.717) is 12.1 Å². The van der Waals surface area contributed by atoms with Crippen molar-refractivity contribution in [1.29, 1.82) is 0 Å². The first-order valence-corrected chi connectivity index (χ1v) is 7.98. The smallest absolute Gasteiger partial charge is 0.162 e. The standard InChI is InChI=1S/C17H26N2O2/c1-4-13-10-18-15(12-5-6-12)11-19(13)14-7-8-16(20-2)17(9-14)21-3/h7-9,12-13,15,18H,4-6,10-11H2,1-3H3. The van der Waals surface area contributed by atoms with Crippen molar-refractivity contribution in [3.8, 4) is 11.5 Å². The molecular weight excluding hydrogens is 264 g/mol. The molecular formula is C17H26N2O2. The van der Waals surface area contributed by atoms with Crippen molar-refractivity contribution in [2.24, 2.45) is 5.92 Å². The van der Waals surface area contributed by atoms with E-state index in [4.69, 9.17) is 9.47 Å². The van der Waals surface area contributed by atoms with Gasteiger partial charge in [0.1, 0.15) is 0 Å². The van der Waals surface area contributed by atoms with Crippen LogP contribution in [0.3, 0.4) is 0 Å². The first-order chi connectivity index (χ1) is 10.3. The molecule has 1 aromatic rings. The second-order valence-electron chi connectivity index (χ2n) is 6.11. The molecule has 0 amide bonds. The summed E-state index contributed by atoms with van der Waals surface area (Å²) in [5, 5.41) is 3.74. The van der Waals surface area contributed by atoms with Crippen molar-refractivity contribution in [1.82, 2.24) is 5.32 Å². The van der Waals surface area contributed by atoms with Gasteiger partial charge in [0.05, 0.1) is 14.2 Å². The molecule has 2 unspecified atom stereocenters. The van der Waals surface area contributed by atoms with E-state index in [9.17, 15) is 0 Å². The van der Waals surface area contributed by atoms with Crippen LogP contribution in [0.4, 0.5) is 5.69 Å². The number of hydrogen-bond donors (Lipinski definition) is 1. The Kier molecular flexibility index (Phi) is 4.24. The van der Waals surface area contributed by atoms with E-state index < -0.39 is 0 Å². The molecule has 2 atom stereocenters. The molecule has 116 valence electrons. The van der Waals surface area contributed by atoms with E-state index in [-0.39, 0.29) is 0 Å². The van der Waals surface area contributed by atoms with E-state index in [0.717, 1.165) is 36.9 Å². The van der Waals surface area contributed by atoms with E-state index in [1.165, 1.54) is 18.5 Å². The quantitative estimate of drug-likeness (QED) is 0.904. The van der Waals surface area contributed by atoms with Gasteiger partial charge in [-0.1, -0.05) is 6.92 Å². The molecule has 2 fully saturated rings. The van der Waals surface area contributed by atoms with Gasteiger partial charge in [0.15, 0.2) is 11.5 Å². The van der Waals surface area contributed by atoms with Crippen molar-refractivity contribution < 1.29 is 9.47 Å². The van der Waals surface area contributed by atoms with E-state index >= 15 is 0 Å². The number of rotatable bonds is 5. The molecule has 4 heteroatoms. The fraction of sp³-hybridized carbons (Fsp3) is 0.647. The Balaban J connectivity index is 1.84. The lowest BCUT2D eigenvalue weighted by atomic mass is 10.0. The Morgan fingerprint density at radius 2 is 1.95 bits per heavy atom. The minimum Gasteiger partial charge on any atom is -0.493 e. The van der Waals surface area contributed by atoms with Crippen molar-refractivity contribution in [3.63, 3.8) is 0 Å². The van der Waals surface area contributed by atoms with Gasteiger partial charge in [-0.25, -0.2) is 0 Å². The average Bonchev–Trinajstić information content (AvgIpc) is 3.38. The Morgan fingerprint density at radius 3 is 2.57 bits per heavy atom. The molecule has 0 spiro atoms. The molecule has 1 aromatic carbocycles. The highest BCUT2D eigenvalue weighted by molar-refractivity contribution is 5.57. The minimum atomic E-state index is 0.554. The maximum atomic E-state index is 5.46. The van der Waals surface area contributed by atoms with Crippen molar-refractivity contribution >= 4 is 5.69 Å². The molecule has 2 aliphatic rings. The second kappa shape index (κ2) is 6.14. The number of nitrogens with zero attached hydrogens (tertiary/aromatic N) is 1. The number of piperazine rings is 1. The first kappa shape index (κ1) is 14.5. The zero-order valence-electron chi connectivity index (χ0n) is 13.3. The number of methoxy groups -OCH3 is 2. The third-order valence-electron chi connectivity index (χ3n) is 4.81. The molecule has 4 nitrogen and oxygen atoms in total. The third kappa shape index (κ3) is 2.95. The molecule has 0 radical (unpaired) electrons. The maximum absolute atomic E-state index is 5.46. The molecule has 0 bridgehead atoms. The Labute approximate surface area is 127 Å². The summed E-state index contributed by atoms with van der Waals surface area (Å²) in [6, 6.07) is 7.46. The predicted molar refractivity (Wildman–Crippen MR) is 85.5 cm³/mol. The maximum Gasteiger partial charge on any atom is 0.162 e. The molecule has 1 heterocycles. The summed E-state index contributed by atoms with van der Waals surface area (Å²) in [5.41, 5.74) is 1.24. The largest absolute Gasteiger partial charge is 0.493 e. The predicted octanol–water partition coefficient (Wildman–Crippen LogP) is 2.67. The highest BCUT2D eigenvalue weighted by Gasteiger charge is 2.36. The van der Waals surface area contributed by atoms with Gasteiger partial charge in [0.25, 0.3) is 0 Å². The van der Waals surface area contributed by atoms with Gasteiger partial charge in [-0.15, -0.1) is 0 Å². The normalized spacial score (nSPS) is 25.8. The SMILES string of the molecule is CCC1CNC(C2CC2)CN1c1ccc(OC)c(OC)c1. The molecule has 1 saturated carbocycles. The van der Waals surface area contributed by atoms with Gasteiger partial charge in [-0.05, 0) is 37.3 Å². The number of ether oxygens (including phenoxy) is 2. The summed E-state index contributed by atoms with van der Waals surface area (Å²) in [4.78, 5) is 2.54. The molecule has 3 rings (SSSR count). The molecule has 0 aromatic heterocycles. The van der Waals surface area contributed by atoms with Crippen molar-refractivity contribution in [2.75, 3.05) is 32.2 Å². The fourth-order valence-electron chi connectivity index (χ4n) is 3.32. The highest BCUT2D eigenvalue weighted by atomic mass is 16.5. The van der Waals surface area contributed by atoms with Crippen molar-refractivity contribution in [3.05, 3.63) is 18.2 Å². The summed E-state index contributed by atoms with van der Waals surface area (Å²) in [7, 11) is 3.38. The average molecular weight is 290 g/mol. The minimum absolute atomic E-state index is 0.554. The Hall–Kier alpha value is -1.42. The fourth-order valence-corrected chi connectivity index (χ4v) is 3.32. The van der Waals surface area contributed by atoms with Crippen molar-refractivity contribution in [2.45, 2.75) is 38.3 Å². The van der Waals surface area contributed by atoms with Gasteiger partial charge >= 0.3 is 0 Å². The van der Waals surface area contributed by atoms with Crippen LogP contribution in [0.15, 0.2) is 18.2 Å². The first-order valence-electron chi connectivity index (χ1n) is 7.98. The lowest BCUT2D eigenvalue weighted by molar-refractivity contribution is 0.350. The molecule has 1 aliphatic heterocycles. The Morgan fingerprint density at radius 1 is 1.19 bits per heavy atom. The molecule has 1 aliphatic carbocycles. The van der Waals surface area contributed by atoms with Crippen LogP contribution < -0.4 is 19.7 Å². The summed E-state index contributed by atoms with van der Waals surface area (Å²) in [6.07, 6.45) is 3.92. The molecule has 21 heavy (non-hydrogen) atoms. The van der Waals surface area contributed by atoms with Crippen LogP contribution in [0.25, 0.3) is 0 Å². The van der Waals surface area contributed by atoms with Crippen LogP contribution in [0.5, 0.6) is 11.5 Å². The van der Waals surface area contributed by atoms with Gasteiger partial charge in [-0.2, -0.15) is 0 Å². The van der Waals surface area contributed by atoms with Gasteiger partial charge in [0.2, 0.25) is 0 Å². The summed E-state index contributed by atoms with van der Waals surface area (Å²) in [5.74, 6) is 2.49. The van der Waals surface area contributed by atoms with Gasteiger partial charge in [0, 0.05) is 36.9 Å². The monoisotopic (exact) mass is 290 g/mol. The number of hydrogen-bond acceptors (Lipinski definition) is 4. The second-order valence-corrected chi connectivity index (χ2v) is 6.11. The van der Waals surface area contributed by atoms with Crippen LogP contribution in [0.1, 0.15) is 26.2 Å². The zero-order valence-corrected chi connectivity index (χ0v) is 13.3. The zero-order chi connectivity index (χ0) is 14.8. The van der Waals surface area contributed by atoms with Crippen LogP contribution >= 0.6 is 0 Å². The summed E-state index contributed by atoms with van der Waals surface area (Å²) >= 11 is 0. The third-order valence-corrected chi connectivity index (χ3v) is 4.81. The van der Waals surface area contributed by atoms with Gasteiger partial charge < -0.3 is 19.7 Å². The Bertz CT molecular complexity index is 488. The molecule has 1 N–H and O–H groups in total. The lowest BCUT2D eigenvalue weighted by Crippen LogP contribution is -2.57. The van der Waals surface area contributed by atoms with Gasteiger partial charge in [-0.3, -0.25) is 0 Å². The van der Waals surface area contributed by atoms with Crippen LogP contribution in [0.2, 0.25) is 0 Å². The topological polar surface area (TPSA) is 33.7 Å². The van der Waals surface area contributed by atoms with Crippen LogP contribution in [-0.2, 0) is 0 Å². The van der Waals surface area contributed by atoms with Crippen LogP contribution in [0, 0.1) is 5.92 Å². The van der Waals surface area contributed by atoms with Crippen LogP contribution in [-0.4, -0.2) is 39.4 Å². The number of nitrogens with one attached hydrogen (secondary N) is 1. The summed E-state index contributed by atoms with van der Waals surface area (Å²) in [6.45, 7) is 4.43.